The summed E-state index contributed by atoms with van der Waals surface area (Å²) in [6.07, 6.45) is -4.71. The van der Waals surface area contributed by atoms with Crippen molar-refractivity contribution in [3.8, 4) is 0 Å². The maximum Gasteiger partial charge on any atom is 0.404 e. The van der Waals surface area contributed by atoms with E-state index >= 15 is 4.39 Å². The van der Waals surface area contributed by atoms with E-state index in [0.29, 0.717) is 38.5 Å². The lowest BCUT2D eigenvalue weighted by Gasteiger charge is -2.52. The number of halogens is 7. The third-order valence-corrected chi connectivity index (χ3v) is 8.34. The lowest BCUT2D eigenvalue weighted by Crippen LogP contribution is -2.68. The summed E-state index contributed by atoms with van der Waals surface area (Å²) in [7, 11) is 0. The van der Waals surface area contributed by atoms with Crippen molar-refractivity contribution in [2.45, 2.75) is 101 Å². The highest BCUT2D eigenvalue weighted by Crippen LogP contribution is 2.51. The molecule has 1 N–H and O–H groups in total. The highest BCUT2D eigenvalue weighted by molar-refractivity contribution is 6.20. The molecule has 2 aliphatic carbocycles. The van der Waals surface area contributed by atoms with Crippen LogP contribution < -0.4 is 5.32 Å². The summed E-state index contributed by atoms with van der Waals surface area (Å²) in [4.78, 5) is 12.9. The first-order valence-corrected chi connectivity index (χ1v) is 12.6. The second-order valence-electron chi connectivity index (χ2n) is 9.83. The lowest BCUT2D eigenvalue weighted by atomic mass is 9.59. The molecule has 6 unspecified atom stereocenters. The molecule has 1 saturated heterocycles. The van der Waals surface area contributed by atoms with Crippen LogP contribution >= 0.6 is 11.6 Å². The van der Waals surface area contributed by atoms with E-state index in [1.54, 1.807) is 0 Å². The van der Waals surface area contributed by atoms with Gasteiger partial charge in [0.2, 0.25) is 0 Å². The summed E-state index contributed by atoms with van der Waals surface area (Å²) in [5, 5.41) is 1.88. The van der Waals surface area contributed by atoms with E-state index in [1.165, 1.54) is 6.92 Å². The molecule has 192 valence electrons. The van der Waals surface area contributed by atoms with Crippen LogP contribution in [0.1, 0.15) is 64.7 Å². The quantitative estimate of drug-likeness (QED) is 0.262. The number of carbonyl (C=O) groups excluding carboxylic acids is 1. The van der Waals surface area contributed by atoms with Crippen LogP contribution in [0.25, 0.3) is 0 Å². The number of ether oxygens (including phenoxy) is 1. The van der Waals surface area contributed by atoms with Crippen molar-refractivity contribution >= 4 is 17.6 Å². The molecule has 3 rings (SSSR count). The standard InChI is InChI=1S/C23H34ClF6NO2/c1-2-33-22(32)17-15(12-6-4-3-5-7-12)16(18(25)13-8-10-14(24)11-9-13)19(21(26)27)31-20(17)23(28,29)30/h12-21,31H,2-11H2,1H3. The van der Waals surface area contributed by atoms with Gasteiger partial charge in [-0.25, -0.2) is 13.2 Å². The molecule has 10 heteroatoms. The fraction of sp³-hybridized carbons (Fsp3) is 0.957. The van der Waals surface area contributed by atoms with Gasteiger partial charge < -0.3 is 4.74 Å². The maximum absolute atomic E-state index is 16.1. The molecule has 3 nitrogen and oxygen atoms in total. The predicted molar refractivity (Wildman–Crippen MR) is 113 cm³/mol. The molecule has 0 aromatic heterocycles. The summed E-state index contributed by atoms with van der Waals surface area (Å²) < 4.78 is 91.7. The molecule has 0 radical (unpaired) electrons. The Balaban J connectivity index is 2.05. The topological polar surface area (TPSA) is 38.3 Å². The number of nitrogens with one attached hydrogen (secondary N) is 1. The van der Waals surface area contributed by atoms with Crippen molar-refractivity contribution in [2.24, 2.45) is 29.6 Å². The molecule has 3 aliphatic rings. The molecule has 3 fully saturated rings. The number of piperidine rings is 1. The zero-order valence-corrected chi connectivity index (χ0v) is 19.6. The highest BCUT2D eigenvalue weighted by Gasteiger charge is 2.62. The minimum atomic E-state index is -4.95. The van der Waals surface area contributed by atoms with E-state index in [-0.39, 0.29) is 12.0 Å². The summed E-state index contributed by atoms with van der Waals surface area (Å²) in [6, 6.07) is -4.48. The van der Waals surface area contributed by atoms with Gasteiger partial charge in [-0.1, -0.05) is 32.1 Å². The lowest BCUT2D eigenvalue weighted by molar-refractivity contribution is -0.213. The van der Waals surface area contributed by atoms with Crippen molar-refractivity contribution in [1.82, 2.24) is 5.32 Å². The van der Waals surface area contributed by atoms with Crippen LogP contribution in [-0.4, -0.2) is 48.8 Å². The van der Waals surface area contributed by atoms with Crippen LogP contribution in [0.2, 0.25) is 0 Å². The molecule has 6 atom stereocenters. The molecule has 0 aromatic carbocycles. The second kappa shape index (κ2) is 11.4. The van der Waals surface area contributed by atoms with E-state index in [9.17, 15) is 26.7 Å². The number of hydrogen-bond donors (Lipinski definition) is 1. The zero-order valence-electron chi connectivity index (χ0n) is 18.8. The van der Waals surface area contributed by atoms with Crippen LogP contribution in [0.3, 0.4) is 0 Å². The third kappa shape index (κ3) is 6.11. The molecule has 33 heavy (non-hydrogen) atoms. The Morgan fingerprint density at radius 2 is 1.64 bits per heavy atom. The molecule has 0 aromatic rings. The van der Waals surface area contributed by atoms with Gasteiger partial charge in [-0.3, -0.25) is 10.1 Å². The summed E-state index contributed by atoms with van der Waals surface area (Å²) in [6.45, 7) is 1.34. The monoisotopic (exact) mass is 505 g/mol. The zero-order chi connectivity index (χ0) is 24.3. The van der Waals surface area contributed by atoms with E-state index in [4.69, 9.17) is 16.3 Å². The fourth-order valence-electron chi connectivity index (χ4n) is 6.44. The minimum absolute atomic E-state index is 0.111. The Bertz CT molecular complexity index is 637. The number of hydrogen-bond acceptors (Lipinski definition) is 3. The summed E-state index contributed by atoms with van der Waals surface area (Å²) in [5.41, 5.74) is 0. The summed E-state index contributed by atoms with van der Waals surface area (Å²) in [5.74, 6) is -6.41. The minimum Gasteiger partial charge on any atom is -0.466 e. The molecular formula is C23H34ClF6NO2. The van der Waals surface area contributed by atoms with Gasteiger partial charge >= 0.3 is 12.1 Å². The Morgan fingerprint density at radius 3 is 2.15 bits per heavy atom. The van der Waals surface area contributed by atoms with Crippen LogP contribution in [0.15, 0.2) is 0 Å². The van der Waals surface area contributed by atoms with Crippen molar-refractivity contribution in [2.75, 3.05) is 6.61 Å². The van der Waals surface area contributed by atoms with E-state index < -0.39 is 66.4 Å². The van der Waals surface area contributed by atoms with E-state index in [1.807, 2.05) is 5.32 Å². The van der Waals surface area contributed by atoms with Gasteiger partial charge in [-0.05, 0) is 50.4 Å². The Labute approximate surface area is 196 Å². The Hall–Kier alpha value is -0.700. The first-order valence-electron chi connectivity index (χ1n) is 12.1. The predicted octanol–water partition coefficient (Wildman–Crippen LogP) is 6.28. The van der Waals surface area contributed by atoms with Gasteiger partial charge in [0.1, 0.15) is 12.2 Å². The molecule has 0 spiro atoms. The number of esters is 1. The molecule has 1 aliphatic heterocycles. The van der Waals surface area contributed by atoms with Crippen molar-refractivity contribution in [3.05, 3.63) is 0 Å². The average Bonchev–Trinajstić information content (AvgIpc) is 2.77. The first kappa shape index (κ1) is 26.9. The molecule has 1 heterocycles. The van der Waals surface area contributed by atoms with Crippen molar-refractivity contribution in [3.63, 3.8) is 0 Å². The molecule has 0 bridgehead atoms. The van der Waals surface area contributed by atoms with Crippen molar-refractivity contribution in [1.29, 1.82) is 0 Å². The van der Waals surface area contributed by atoms with E-state index in [0.717, 1.165) is 19.3 Å². The average molecular weight is 506 g/mol. The van der Waals surface area contributed by atoms with E-state index in [2.05, 4.69) is 0 Å². The van der Waals surface area contributed by atoms with Gasteiger partial charge in [0, 0.05) is 11.3 Å². The Morgan fingerprint density at radius 1 is 1.03 bits per heavy atom. The van der Waals surface area contributed by atoms with Crippen LogP contribution in [-0.2, 0) is 9.53 Å². The summed E-state index contributed by atoms with van der Waals surface area (Å²) >= 11 is 6.13. The molecular weight excluding hydrogens is 472 g/mol. The van der Waals surface area contributed by atoms with Gasteiger partial charge in [0.15, 0.2) is 0 Å². The number of rotatable bonds is 6. The van der Waals surface area contributed by atoms with Crippen molar-refractivity contribution < 1.29 is 35.9 Å². The number of alkyl halides is 7. The fourth-order valence-corrected chi connectivity index (χ4v) is 6.69. The third-order valence-electron chi connectivity index (χ3n) is 7.90. The molecule has 2 saturated carbocycles. The van der Waals surface area contributed by atoms with Gasteiger partial charge in [-0.15, -0.1) is 11.6 Å². The highest BCUT2D eigenvalue weighted by atomic mass is 35.5. The van der Waals surface area contributed by atoms with Crippen LogP contribution in [0.5, 0.6) is 0 Å². The van der Waals surface area contributed by atoms with Crippen LogP contribution in [0, 0.1) is 29.6 Å². The smallest absolute Gasteiger partial charge is 0.404 e. The normalized spacial score (nSPS) is 37.7. The SMILES string of the molecule is CCOC(=O)C1C(C2CCCCC2)C(C(F)C2CCC(Cl)CC2)C(C(F)F)NC1C(F)(F)F. The number of carbonyl (C=O) groups is 1. The Kier molecular flexibility index (Phi) is 9.26. The van der Waals surface area contributed by atoms with Gasteiger partial charge in [0.25, 0.3) is 6.43 Å². The maximum atomic E-state index is 16.1. The molecule has 0 amide bonds. The van der Waals surface area contributed by atoms with Gasteiger partial charge in [0.05, 0.1) is 18.6 Å². The first-order chi connectivity index (χ1) is 15.6. The van der Waals surface area contributed by atoms with Crippen LogP contribution in [0.4, 0.5) is 26.3 Å². The van der Waals surface area contributed by atoms with Gasteiger partial charge in [-0.2, -0.15) is 13.2 Å². The second-order valence-corrected chi connectivity index (χ2v) is 10.5. The largest absolute Gasteiger partial charge is 0.466 e.